The average molecular weight is 374 g/mol. The van der Waals surface area contributed by atoms with Gasteiger partial charge in [0.05, 0.1) is 0 Å². The van der Waals surface area contributed by atoms with E-state index in [-0.39, 0.29) is 11.7 Å². The molecule has 0 aliphatic carbocycles. The lowest BCUT2D eigenvalue weighted by Crippen LogP contribution is -2.82. The van der Waals surface area contributed by atoms with Crippen LogP contribution < -0.4 is 21.2 Å². The van der Waals surface area contributed by atoms with Gasteiger partial charge in [-0.15, -0.1) is 0 Å². The molecule has 0 bridgehead atoms. The predicted octanol–water partition coefficient (Wildman–Crippen LogP) is 2.00. The molecule has 3 aromatic rings. The number of aryl methyl sites for hydroxylation is 3. The second-order valence-electron chi connectivity index (χ2n) is 7.26. The van der Waals surface area contributed by atoms with Gasteiger partial charge in [-0.3, -0.25) is 9.79 Å². The lowest BCUT2D eigenvalue weighted by Gasteiger charge is -2.23. The highest BCUT2D eigenvalue weighted by Gasteiger charge is 2.29. The number of hydrogen-bond acceptors (Lipinski definition) is 4. The topological polar surface area (TPSA) is 72.9 Å². The second kappa shape index (κ2) is 6.96. The van der Waals surface area contributed by atoms with Crippen molar-refractivity contribution in [3.63, 3.8) is 0 Å². The summed E-state index contributed by atoms with van der Waals surface area (Å²) in [6, 6.07) is 15.8. The highest BCUT2D eigenvalue weighted by Crippen LogP contribution is 2.20. The second-order valence-corrected chi connectivity index (χ2v) is 7.26. The van der Waals surface area contributed by atoms with Gasteiger partial charge in [0.15, 0.2) is 6.17 Å². The number of anilines is 2. The molecule has 2 heterocycles. The number of fused-ring (bicyclic) bond motifs is 1. The van der Waals surface area contributed by atoms with Crippen LogP contribution in [0.15, 0.2) is 53.3 Å². The molecule has 28 heavy (non-hydrogen) atoms. The van der Waals surface area contributed by atoms with Gasteiger partial charge in [-0.05, 0) is 44.9 Å². The van der Waals surface area contributed by atoms with Crippen molar-refractivity contribution in [2.75, 3.05) is 10.6 Å². The molecule has 0 unspecified atom stereocenters. The molecule has 0 radical (unpaired) electrons. The lowest BCUT2D eigenvalue weighted by molar-refractivity contribution is -0.520. The maximum absolute atomic E-state index is 12.7. The van der Waals surface area contributed by atoms with Gasteiger partial charge in [0.1, 0.15) is 5.69 Å². The molecule has 3 N–H and O–H groups in total. The molecule has 1 atom stereocenters. The summed E-state index contributed by atoms with van der Waals surface area (Å²) >= 11 is 0. The van der Waals surface area contributed by atoms with Gasteiger partial charge in [0.25, 0.3) is 11.5 Å². The molecule has 0 saturated heterocycles. The van der Waals surface area contributed by atoms with Gasteiger partial charge in [-0.1, -0.05) is 42.0 Å². The first-order valence-electron chi connectivity index (χ1n) is 9.33. The fraction of sp³-hybridized carbons (Fsp3) is 0.227. The molecule has 4 rings (SSSR count). The van der Waals surface area contributed by atoms with Gasteiger partial charge >= 0.3 is 5.96 Å². The Bertz CT molecular complexity index is 1130. The van der Waals surface area contributed by atoms with Gasteiger partial charge in [-0.2, -0.15) is 0 Å². The quantitative estimate of drug-likeness (QED) is 0.642. The summed E-state index contributed by atoms with van der Waals surface area (Å²) in [6.07, 6.45) is -0.356. The zero-order chi connectivity index (χ0) is 19.8. The van der Waals surface area contributed by atoms with Crippen LogP contribution in [0.1, 0.15) is 34.1 Å². The Balaban J connectivity index is 1.81. The van der Waals surface area contributed by atoms with E-state index in [0.29, 0.717) is 17.6 Å². The minimum absolute atomic E-state index is 0.0983. The van der Waals surface area contributed by atoms with Crippen LogP contribution >= 0.6 is 0 Å². The third-order valence-corrected chi connectivity index (χ3v) is 5.11. The van der Waals surface area contributed by atoms with Crippen LogP contribution in [0.2, 0.25) is 0 Å². The average Bonchev–Trinajstić information content (AvgIpc) is 2.65. The third-order valence-electron chi connectivity index (χ3n) is 5.11. The van der Waals surface area contributed by atoms with Gasteiger partial charge < -0.3 is 0 Å². The number of nitrogens with one attached hydrogen (secondary N) is 3. The molecule has 6 nitrogen and oxygen atoms in total. The Kier molecular flexibility index (Phi) is 4.47. The smallest absolute Gasteiger partial charge is 0.269 e. The zero-order valence-electron chi connectivity index (χ0n) is 16.5. The first-order valence-corrected chi connectivity index (χ1v) is 9.33. The van der Waals surface area contributed by atoms with E-state index < -0.39 is 0 Å². The number of hydrogen-bond donors (Lipinski definition) is 3. The molecule has 1 aromatic heterocycles. The summed E-state index contributed by atoms with van der Waals surface area (Å²) in [7, 11) is 0. The van der Waals surface area contributed by atoms with Crippen LogP contribution in [-0.4, -0.2) is 15.5 Å². The van der Waals surface area contributed by atoms with Crippen molar-refractivity contribution < 1.29 is 4.99 Å². The normalized spacial score (nSPS) is 15.4. The molecular weight excluding hydrogens is 350 g/mol. The minimum atomic E-state index is -0.356. The predicted molar refractivity (Wildman–Crippen MR) is 112 cm³/mol. The highest BCUT2D eigenvalue weighted by molar-refractivity contribution is 5.99. The zero-order valence-corrected chi connectivity index (χ0v) is 16.5. The Morgan fingerprint density at radius 1 is 1.07 bits per heavy atom. The van der Waals surface area contributed by atoms with E-state index in [1.807, 2.05) is 50.2 Å². The van der Waals surface area contributed by atoms with Crippen LogP contribution in [0.25, 0.3) is 0 Å². The van der Waals surface area contributed by atoms with Crippen LogP contribution in [0.5, 0.6) is 0 Å². The number of benzene rings is 2. The SMILES string of the molecule is Cc1ccc([C@@H]2[NH+]=C(Nc3cccc(C)c3C)Nc3nc(C)cc(=O)n32)cc1. The van der Waals surface area contributed by atoms with E-state index in [1.54, 1.807) is 10.6 Å². The Morgan fingerprint density at radius 3 is 2.57 bits per heavy atom. The molecule has 142 valence electrons. The van der Waals surface area contributed by atoms with Gasteiger partial charge in [-0.25, -0.2) is 20.2 Å². The summed E-state index contributed by atoms with van der Waals surface area (Å²) in [4.78, 5) is 20.7. The monoisotopic (exact) mass is 374 g/mol. The van der Waals surface area contributed by atoms with Crippen molar-refractivity contribution in [2.45, 2.75) is 33.9 Å². The first-order chi connectivity index (χ1) is 13.4. The summed E-state index contributed by atoms with van der Waals surface area (Å²) in [5.74, 6) is 1.21. The molecule has 0 fully saturated rings. The lowest BCUT2D eigenvalue weighted by atomic mass is 10.1. The Morgan fingerprint density at radius 2 is 1.82 bits per heavy atom. The van der Waals surface area contributed by atoms with Gasteiger partial charge in [0, 0.05) is 17.3 Å². The van der Waals surface area contributed by atoms with E-state index in [1.165, 1.54) is 16.7 Å². The number of nitrogens with zero attached hydrogens (tertiary/aromatic N) is 2. The van der Waals surface area contributed by atoms with Crippen molar-refractivity contribution in [2.24, 2.45) is 0 Å². The van der Waals surface area contributed by atoms with Crippen molar-refractivity contribution in [1.82, 2.24) is 9.55 Å². The first kappa shape index (κ1) is 18.0. The van der Waals surface area contributed by atoms with Gasteiger partial charge in [0.2, 0.25) is 0 Å². The summed E-state index contributed by atoms with van der Waals surface area (Å²) in [5, 5.41) is 6.65. The van der Waals surface area contributed by atoms with E-state index in [9.17, 15) is 4.79 Å². The maximum Gasteiger partial charge on any atom is 0.357 e. The number of aromatic nitrogens is 2. The van der Waals surface area contributed by atoms with Crippen molar-refractivity contribution in [3.05, 3.63) is 86.8 Å². The van der Waals surface area contributed by atoms with E-state index in [0.717, 1.165) is 11.3 Å². The van der Waals surface area contributed by atoms with Crippen LogP contribution in [0.3, 0.4) is 0 Å². The van der Waals surface area contributed by atoms with Crippen LogP contribution in [-0.2, 0) is 0 Å². The highest BCUT2D eigenvalue weighted by atomic mass is 16.1. The molecule has 1 aliphatic rings. The minimum Gasteiger partial charge on any atom is -0.269 e. The summed E-state index contributed by atoms with van der Waals surface area (Å²) in [5.41, 5.74) is 6.12. The Labute approximate surface area is 164 Å². The van der Waals surface area contributed by atoms with Crippen LogP contribution in [0, 0.1) is 27.7 Å². The van der Waals surface area contributed by atoms with E-state index in [4.69, 9.17) is 0 Å². The third kappa shape index (κ3) is 3.29. The Hall–Kier alpha value is -3.41. The van der Waals surface area contributed by atoms with Crippen molar-refractivity contribution in [1.29, 1.82) is 0 Å². The molecule has 0 saturated carbocycles. The number of guanidine groups is 1. The summed E-state index contributed by atoms with van der Waals surface area (Å²) < 4.78 is 1.64. The van der Waals surface area contributed by atoms with Crippen molar-refractivity contribution >= 4 is 17.6 Å². The van der Waals surface area contributed by atoms with E-state index >= 15 is 0 Å². The largest absolute Gasteiger partial charge is 0.357 e. The molecule has 1 aliphatic heterocycles. The molecule has 6 heteroatoms. The fourth-order valence-corrected chi connectivity index (χ4v) is 3.36. The standard InChI is InChI=1S/C22H23N5O/c1-13-8-10-17(11-9-13)20-25-21(24-18-7-5-6-14(2)16(18)4)26-22-23-15(3)12-19(28)27(20)22/h5-12,20H,1-4H3,(H2,23,24,25,26)/p+1/t20-/m1/s1. The number of rotatable bonds is 2. The van der Waals surface area contributed by atoms with E-state index in [2.05, 4.69) is 40.5 Å². The van der Waals surface area contributed by atoms with Crippen molar-refractivity contribution in [3.8, 4) is 0 Å². The molecule has 2 aromatic carbocycles. The molecule has 0 spiro atoms. The molecule has 0 amide bonds. The maximum atomic E-state index is 12.7. The fourth-order valence-electron chi connectivity index (χ4n) is 3.36. The molecular formula is C22H24N5O+. The van der Waals surface area contributed by atoms with Crippen LogP contribution in [0.4, 0.5) is 11.6 Å². The summed E-state index contributed by atoms with van der Waals surface area (Å²) in [6.45, 7) is 8.04.